The van der Waals surface area contributed by atoms with Crippen molar-refractivity contribution in [1.82, 2.24) is 4.42 Å². The van der Waals surface area contributed by atoms with Gasteiger partial charge in [0.25, 0.3) is 0 Å². The van der Waals surface area contributed by atoms with E-state index in [9.17, 15) is 0 Å². The Balaban J connectivity index is 1.46. The highest BCUT2D eigenvalue weighted by molar-refractivity contribution is 6.14. The lowest BCUT2D eigenvalue weighted by molar-refractivity contribution is -0.00475. The van der Waals surface area contributed by atoms with Crippen LogP contribution in [0.1, 0.15) is 70.0 Å². The van der Waals surface area contributed by atoms with Gasteiger partial charge in [0.1, 0.15) is 0 Å². The van der Waals surface area contributed by atoms with E-state index in [1.165, 1.54) is 41.5 Å². The molecule has 0 unspecified atom stereocenters. The third kappa shape index (κ3) is 5.34. The van der Waals surface area contributed by atoms with Crippen molar-refractivity contribution in [2.45, 2.75) is 64.5 Å². The van der Waals surface area contributed by atoms with E-state index in [1.54, 1.807) is 0 Å². The minimum Gasteiger partial charge on any atom is -0.376 e. The van der Waals surface area contributed by atoms with Crippen molar-refractivity contribution >= 4 is 11.8 Å². The highest BCUT2D eigenvalue weighted by atomic mass is 35.5. The number of ether oxygens (including phenoxy) is 1. The van der Waals surface area contributed by atoms with Gasteiger partial charge in [0.15, 0.2) is 0 Å². The van der Waals surface area contributed by atoms with E-state index in [0.29, 0.717) is 0 Å². The van der Waals surface area contributed by atoms with Crippen LogP contribution in [0, 0.1) is 0 Å². The topological polar surface area (TPSA) is 12.5 Å². The molecule has 0 atom stereocenters. The van der Waals surface area contributed by atoms with Gasteiger partial charge in [0, 0.05) is 13.2 Å². The highest BCUT2D eigenvalue weighted by Crippen LogP contribution is 2.46. The molecule has 0 saturated carbocycles. The van der Waals surface area contributed by atoms with Crippen LogP contribution in [0.3, 0.4) is 0 Å². The van der Waals surface area contributed by atoms with Gasteiger partial charge in [-0.2, -0.15) is 0 Å². The first-order valence-corrected chi connectivity index (χ1v) is 10.6. The molecule has 0 spiro atoms. The fraction of sp³-hybridized carbons (Fsp3) is 0.500. The molecule has 27 heavy (non-hydrogen) atoms. The van der Waals surface area contributed by atoms with Crippen molar-refractivity contribution in [3.05, 3.63) is 59.7 Å². The summed E-state index contributed by atoms with van der Waals surface area (Å²) in [6, 6.07) is 17.5. The second-order valence-corrected chi connectivity index (χ2v) is 8.86. The van der Waals surface area contributed by atoms with E-state index in [2.05, 4.69) is 69.3 Å². The molecule has 0 radical (unpaired) electrons. The third-order valence-corrected chi connectivity index (χ3v) is 5.50. The summed E-state index contributed by atoms with van der Waals surface area (Å²) in [5.41, 5.74) is 5.28. The molecule has 0 amide bonds. The van der Waals surface area contributed by atoms with Gasteiger partial charge < -0.3 is 4.74 Å². The van der Waals surface area contributed by atoms with Crippen LogP contribution < -0.4 is 0 Å². The first kappa shape index (κ1) is 20.4. The molecule has 2 aromatic rings. The van der Waals surface area contributed by atoms with E-state index in [1.807, 2.05) is 4.42 Å². The summed E-state index contributed by atoms with van der Waals surface area (Å²) in [6.45, 7) is 8.11. The van der Waals surface area contributed by atoms with Crippen molar-refractivity contribution in [3.63, 3.8) is 0 Å². The molecule has 2 aromatic carbocycles. The first-order chi connectivity index (χ1) is 13.0. The number of hydrogen-bond donors (Lipinski definition) is 0. The summed E-state index contributed by atoms with van der Waals surface area (Å²) in [6.07, 6.45) is 5.97. The Labute approximate surface area is 169 Å². The molecule has 3 heteroatoms. The number of unbranched alkanes of at least 4 members (excludes halogenated alkanes) is 4. The molecule has 0 N–H and O–H groups in total. The summed E-state index contributed by atoms with van der Waals surface area (Å²) in [5, 5.41) is 0. The van der Waals surface area contributed by atoms with Gasteiger partial charge >= 0.3 is 0 Å². The predicted octanol–water partition coefficient (Wildman–Crippen LogP) is 6.98. The van der Waals surface area contributed by atoms with Crippen LogP contribution in [0.5, 0.6) is 0 Å². The van der Waals surface area contributed by atoms with Gasteiger partial charge in [-0.25, -0.2) is 4.42 Å². The zero-order valence-corrected chi connectivity index (χ0v) is 17.6. The second kappa shape index (κ2) is 9.23. The number of fused-ring (bicyclic) bond motifs is 3. The first-order valence-electron chi connectivity index (χ1n) is 10.2. The molecular weight excluding hydrogens is 354 g/mol. The lowest BCUT2D eigenvalue weighted by Gasteiger charge is -2.23. The fourth-order valence-electron chi connectivity index (χ4n) is 3.83. The molecule has 1 aliphatic carbocycles. The van der Waals surface area contributed by atoms with Crippen molar-refractivity contribution < 1.29 is 4.74 Å². The largest absolute Gasteiger partial charge is 0.376 e. The summed E-state index contributed by atoms with van der Waals surface area (Å²) >= 11 is 6.77. The number of nitrogens with zero attached hydrogens (tertiary/aromatic N) is 1. The van der Waals surface area contributed by atoms with Crippen molar-refractivity contribution in [2.24, 2.45) is 0 Å². The minimum atomic E-state index is -0.0208. The molecule has 0 heterocycles. The molecule has 3 rings (SSSR count). The van der Waals surface area contributed by atoms with Crippen LogP contribution in [0.25, 0.3) is 11.1 Å². The molecule has 0 fully saturated rings. The number of rotatable bonds is 9. The van der Waals surface area contributed by atoms with Crippen LogP contribution in [0.4, 0.5) is 0 Å². The maximum absolute atomic E-state index is 6.77. The molecule has 0 aromatic heterocycles. The highest BCUT2D eigenvalue weighted by Gasteiger charge is 2.31. The molecule has 146 valence electrons. The standard InChI is InChI=1S/C24H32ClNO/c1-24(2,3)27-18-12-6-4-5-11-17-26(25)23-21-15-9-7-13-19(21)20-14-8-10-16-22(20)23/h7-10,13-16,23H,4-6,11-12,17-18H2,1-3H3. The SMILES string of the molecule is CC(C)(C)OCCCCCCCN(Cl)C1c2ccccc2-c2ccccc21. The predicted molar refractivity (Wildman–Crippen MR) is 115 cm³/mol. The minimum absolute atomic E-state index is 0.0208. The van der Waals surface area contributed by atoms with Crippen LogP contribution in [-0.2, 0) is 4.74 Å². The van der Waals surface area contributed by atoms with E-state index in [4.69, 9.17) is 16.5 Å². The molecular formula is C24H32ClNO. The second-order valence-electron chi connectivity index (χ2n) is 8.43. The van der Waals surface area contributed by atoms with Crippen LogP contribution >= 0.6 is 11.8 Å². The van der Waals surface area contributed by atoms with Crippen LogP contribution in [0.2, 0.25) is 0 Å². The van der Waals surface area contributed by atoms with E-state index >= 15 is 0 Å². The van der Waals surface area contributed by atoms with Gasteiger partial charge in [-0.3, -0.25) is 0 Å². The Morgan fingerprint density at radius 2 is 1.33 bits per heavy atom. The molecule has 0 aliphatic heterocycles. The fourth-order valence-corrected chi connectivity index (χ4v) is 4.16. The Morgan fingerprint density at radius 3 is 1.93 bits per heavy atom. The third-order valence-electron chi connectivity index (χ3n) is 5.13. The maximum atomic E-state index is 6.77. The Hall–Kier alpha value is -1.35. The average molecular weight is 386 g/mol. The molecule has 1 aliphatic rings. The van der Waals surface area contributed by atoms with Crippen LogP contribution in [0.15, 0.2) is 48.5 Å². The number of benzene rings is 2. The summed E-state index contributed by atoms with van der Waals surface area (Å²) < 4.78 is 7.79. The lowest BCUT2D eigenvalue weighted by Crippen LogP contribution is -2.20. The lowest BCUT2D eigenvalue weighted by atomic mass is 10.0. The molecule has 0 saturated heterocycles. The Bertz CT molecular complexity index is 692. The van der Waals surface area contributed by atoms with Gasteiger partial charge in [-0.05, 0) is 67.6 Å². The Morgan fingerprint density at radius 1 is 0.815 bits per heavy atom. The number of halogens is 1. The van der Waals surface area contributed by atoms with Gasteiger partial charge in [0.2, 0.25) is 0 Å². The number of hydrogen-bond acceptors (Lipinski definition) is 2. The molecule has 2 nitrogen and oxygen atoms in total. The van der Waals surface area contributed by atoms with E-state index < -0.39 is 0 Å². The monoisotopic (exact) mass is 385 g/mol. The summed E-state index contributed by atoms with van der Waals surface area (Å²) in [7, 11) is 0. The normalized spacial score (nSPS) is 13.8. The van der Waals surface area contributed by atoms with Gasteiger partial charge in [-0.1, -0.05) is 67.8 Å². The quantitative estimate of drug-likeness (QED) is 0.341. The van der Waals surface area contributed by atoms with Gasteiger partial charge in [-0.15, -0.1) is 0 Å². The van der Waals surface area contributed by atoms with Gasteiger partial charge in [0.05, 0.1) is 11.6 Å². The Kier molecular flexibility index (Phi) is 6.97. The van der Waals surface area contributed by atoms with Crippen molar-refractivity contribution in [2.75, 3.05) is 13.2 Å². The smallest absolute Gasteiger partial charge is 0.0763 e. The zero-order valence-electron chi connectivity index (χ0n) is 16.9. The van der Waals surface area contributed by atoms with Crippen molar-refractivity contribution in [1.29, 1.82) is 0 Å². The van der Waals surface area contributed by atoms with E-state index in [0.717, 1.165) is 26.0 Å². The van der Waals surface area contributed by atoms with E-state index in [-0.39, 0.29) is 11.6 Å². The van der Waals surface area contributed by atoms with Crippen molar-refractivity contribution in [3.8, 4) is 11.1 Å². The van der Waals surface area contributed by atoms with Crippen LogP contribution in [-0.4, -0.2) is 23.2 Å². The molecule has 0 bridgehead atoms. The zero-order chi connectivity index (χ0) is 19.3. The average Bonchev–Trinajstić information content (AvgIpc) is 2.97. The summed E-state index contributed by atoms with van der Waals surface area (Å²) in [5.74, 6) is 0. The summed E-state index contributed by atoms with van der Waals surface area (Å²) in [4.78, 5) is 0. The maximum Gasteiger partial charge on any atom is 0.0763 e.